The van der Waals surface area contributed by atoms with Gasteiger partial charge in [0.2, 0.25) is 0 Å². The van der Waals surface area contributed by atoms with Crippen LogP contribution in [0.25, 0.3) is 22.3 Å². The zero-order valence-electron chi connectivity index (χ0n) is 16.9. The van der Waals surface area contributed by atoms with Crippen molar-refractivity contribution in [3.8, 4) is 22.3 Å². The van der Waals surface area contributed by atoms with Gasteiger partial charge < -0.3 is 0 Å². The molecule has 0 nitrogen and oxygen atoms in total. The van der Waals surface area contributed by atoms with Gasteiger partial charge in [-0.15, -0.1) is 0 Å². The Labute approximate surface area is 158 Å². The van der Waals surface area contributed by atoms with E-state index < -0.39 is 0 Å². The first-order valence-corrected chi connectivity index (χ1v) is 9.48. The number of rotatable bonds is 2. The first kappa shape index (κ1) is 18.5. The Morgan fingerprint density at radius 2 is 0.846 bits per heavy atom. The molecule has 3 aromatic carbocycles. The molecule has 0 aliphatic heterocycles. The largest absolute Gasteiger partial charge is 0.0619 e. The molecule has 0 aliphatic carbocycles. The van der Waals surface area contributed by atoms with E-state index >= 15 is 0 Å². The quantitative estimate of drug-likeness (QED) is 0.449. The fourth-order valence-corrected chi connectivity index (χ4v) is 3.63. The van der Waals surface area contributed by atoms with Gasteiger partial charge in [-0.25, -0.2) is 0 Å². The van der Waals surface area contributed by atoms with Crippen LogP contribution in [-0.2, 0) is 10.8 Å². The number of hydrogen-bond acceptors (Lipinski definition) is 0. The summed E-state index contributed by atoms with van der Waals surface area (Å²) in [6.07, 6.45) is 0. The molecule has 0 spiro atoms. The summed E-state index contributed by atoms with van der Waals surface area (Å²) < 4.78 is 0. The van der Waals surface area contributed by atoms with Gasteiger partial charge in [-0.3, -0.25) is 0 Å². The van der Waals surface area contributed by atoms with Crippen LogP contribution in [0.1, 0.15) is 52.7 Å². The first-order chi connectivity index (χ1) is 12.2. The average Bonchev–Trinajstić information content (AvgIpc) is 2.60. The van der Waals surface area contributed by atoms with Gasteiger partial charge >= 0.3 is 0 Å². The van der Waals surface area contributed by atoms with Gasteiger partial charge in [-0.05, 0) is 50.3 Å². The lowest BCUT2D eigenvalue weighted by Crippen LogP contribution is -2.13. The highest BCUT2D eigenvalue weighted by Gasteiger charge is 2.20. The normalized spacial score (nSPS) is 12.2. The lowest BCUT2D eigenvalue weighted by Gasteiger charge is -2.24. The van der Waals surface area contributed by atoms with Crippen molar-refractivity contribution in [2.45, 2.75) is 52.4 Å². The Bertz CT molecular complexity index is 829. The van der Waals surface area contributed by atoms with Gasteiger partial charge in [0.05, 0.1) is 0 Å². The van der Waals surface area contributed by atoms with E-state index in [4.69, 9.17) is 0 Å². The van der Waals surface area contributed by atoms with Crippen molar-refractivity contribution in [1.29, 1.82) is 0 Å². The van der Waals surface area contributed by atoms with Gasteiger partial charge in [-0.1, -0.05) is 108 Å². The third-order valence-corrected chi connectivity index (χ3v) is 4.95. The second-order valence-corrected chi connectivity index (χ2v) is 9.17. The van der Waals surface area contributed by atoms with E-state index in [1.54, 1.807) is 0 Å². The summed E-state index contributed by atoms with van der Waals surface area (Å²) in [5, 5.41) is 0. The van der Waals surface area contributed by atoms with Crippen LogP contribution < -0.4 is 0 Å². The minimum Gasteiger partial charge on any atom is -0.0619 e. The van der Waals surface area contributed by atoms with Crippen LogP contribution in [-0.4, -0.2) is 0 Å². The molecule has 0 heteroatoms. The van der Waals surface area contributed by atoms with Crippen molar-refractivity contribution in [3.63, 3.8) is 0 Å². The molecule has 0 aromatic heterocycles. The lowest BCUT2D eigenvalue weighted by atomic mass is 9.80. The second kappa shape index (κ2) is 6.76. The molecule has 134 valence electrons. The lowest BCUT2D eigenvalue weighted by molar-refractivity contribution is 0.592. The first-order valence-electron chi connectivity index (χ1n) is 9.48. The van der Waals surface area contributed by atoms with Crippen LogP contribution in [0.15, 0.2) is 72.8 Å². The highest BCUT2D eigenvalue weighted by Crippen LogP contribution is 2.37. The highest BCUT2D eigenvalue weighted by atomic mass is 14.2. The van der Waals surface area contributed by atoms with Crippen LogP contribution in [0, 0.1) is 0 Å². The van der Waals surface area contributed by atoms with Gasteiger partial charge in [0.25, 0.3) is 0 Å². The monoisotopic (exact) mass is 342 g/mol. The van der Waals surface area contributed by atoms with Crippen molar-refractivity contribution < 1.29 is 0 Å². The van der Waals surface area contributed by atoms with Crippen LogP contribution in [0.5, 0.6) is 0 Å². The predicted octanol–water partition coefficient (Wildman–Crippen LogP) is 7.62. The summed E-state index contributed by atoms with van der Waals surface area (Å²) in [5.74, 6) is 0. The zero-order valence-corrected chi connectivity index (χ0v) is 16.9. The average molecular weight is 343 g/mol. The van der Waals surface area contributed by atoms with Crippen molar-refractivity contribution in [3.05, 3.63) is 83.9 Å². The van der Waals surface area contributed by atoms with E-state index in [0.29, 0.717) is 0 Å². The SMILES string of the molecule is CC(C)(C)c1ccccc1-c1cccc(-c2ccccc2C(C)(C)C)c1. The molecule has 0 saturated carbocycles. The van der Waals surface area contributed by atoms with Gasteiger partial charge in [-0.2, -0.15) is 0 Å². The molecular weight excluding hydrogens is 312 g/mol. The van der Waals surface area contributed by atoms with Gasteiger partial charge in [0.1, 0.15) is 0 Å². The fourth-order valence-electron chi connectivity index (χ4n) is 3.63. The molecule has 0 bridgehead atoms. The minimum absolute atomic E-state index is 0.121. The number of hydrogen-bond donors (Lipinski definition) is 0. The standard InChI is InChI=1S/C26H30/c1-25(2,3)23-16-9-7-14-21(23)19-12-11-13-20(18-19)22-15-8-10-17-24(22)26(4,5)6/h7-18H,1-6H3. The van der Waals surface area contributed by atoms with E-state index in [1.165, 1.54) is 33.4 Å². The number of benzene rings is 3. The third kappa shape index (κ3) is 3.75. The summed E-state index contributed by atoms with van der Waals surface area (Å²) >= 11 is 0. The minimum atomic E-state index is 0.121. The summed E-state index contributed by atoms with van der Waals surface area (Å²) in [5.41, 5.74) is 8.26. The Balaban J connectivity index is 2.16. The molecule has 0 saturated heterocycles. The molecule has 3 aromatic rings. The molecule has 0 radical (unpaired) electrons. The maximum atomic E-state index is 2.34. The van der Waals surface area contributed by atoms with Crippen LogP contribution in [0.2, 0.25) is 0 Å². The van der Waals surface area contributed by atoms with Crippen LogP contribution >= 0.6 is 0 Å². The van der Waals surface area contributed by atoms with Crippen LogP contribution in [0.3, 0.4) is 0 Å². The summed E-state index contributed by atoms with van der Waals surface area (Å²) in [7, 11) is 0. The Morgan fingerprint density at radius 3 is 1.23 bits per heavy atom. The third-order valence-electron chi connectivity index (χ3n) is 4.95. The van der Waals surface area contributed by atoms with E-state index in [9.17, 15) is 0 Å². The topological polar surface area (TPSA) is 0 Å². The van der Waals surface area contributed by atoms with Crippen LogP contribution in [0.4, 0.5) is 0 Å². The summed E-state index contributed by atoms with van der Waals surface area (Å²) in [4.78, 5) is 0. The predicted molar refractivity (Wildman–Crippen MR) is 115 cm³/mol. The summed E-state index contributed by atoms with van der Waals surface area (Å²) in [6.45, 7) is 13.7. The smallest absolute Gasteiger partial charge is 0.0126 e. The molecule has 0 atom stereocenters. The molecule has 3 rings (SSSR count). The Morgan fingerprint density at radius 1 is 0.462 bits per heavy atom. The zero-order chi connectivity index (χ0) is 18.9. The summed E-state index contributed by atoms with van der Waals surface area (Å²) in [6, 6.07) is 26.5. The van der Waals surface area contributed by atoms with Gasteiger partial charge in [0, 0.05) is 0 Å². The van der Waals surface area contributed by atoms with Gasteiger partial charge in [0.15, 0.2) is 0 Å². The molecule has 0 amide bonds. The van der Waals surface area contributed by atoms with Crippen molar-refractivity contribution in [1.82, 2.24) is 0 Å². The fraction of sp³-hybridized carbons (Fsp3) is 0.308. The molecule has 0 N–H and O–H groups in total. The highest BCUT2D eigenvalue weighted by molar-refractivity contribution is 5.77. The van der Waals surface area contributed by atoms with E-state index in [0.717, 1.165) is 0 Å². The van der Waals surface area contributed by atoms with Crippen molar-refractivity contribution in [2.75, 3.05) is 0 Å². The molecule has 26 heavy (non-hydrogen) atoms. The molecular formula is C26H30. The molecule has 0 unspecified atom stereocenters. The Kier molecular flexibility index (Phi) is 4.80. The van der Waals surface area contributed by atoms with E-state index in [2.05, 4.69) is 114 Å². The van der Waals surface area contributed by atoms with Crippen molar-refractivity contribution in [2.24, 2.45) is 0 Å². The molecule has 0 heterocycles. The second-order valence-electron chi connectivity index (χ2n) is 9.17. The molecule has 0 aliphatic rings. The van der Waals surface area contributed by atoms with E-state index in [1.807, 2.05) is 0 Å². The Hall–Kier alpha value is -2.34. The van der Waals surface area contributed by atoms with Crippen molar-refractivity contribution >= 4 is 0 Å². The molecule has 0 fully saturated rings. The maximum Gasteiger partial charge on any atom is -0.0126 e. The van der Waals surface area contributed by atoms with E-state index in [-0.39, 0.29) is 10.8 Å². The maximum absolute atomic E-state index is 2.34.